The number of aryl methyl sites for hydroxylation is 1. The molecule has 2 aromatic heterocycles. The molecule has 0 amide bonds. The number of aromatic amines is 1. The van der Waals surface area contributed by atoms with E-state index in [-0.39, 0.29) is 15.9 Å². The first-order chi connectivity index (χ1) is 13.9. The molecule has 1 aromatic carbocycles. The number of para-hydroxylation sites is 1. The molecule has 1 aliphatic rings. The van der Waals surface area contributed by atoms with Gasteiger partial charge in [-0.15, -0.1) is 0 Å². The molecule has 0 bridgehead atoms. The average Bonchev–Trinajstić information content (AvgIpc) is 3.35. The molecule has 1 N–H and O–H groups in total. The average molecular weight is 430 g/mol. The molecule has 8 heteroatoms. The molecule has 152 valence electrons. The van der Waals surface area contributed by atoms with Crippen LogP contribution in [0.2, 0.25) is 0 Å². The summed E-state index contributed by atoms with van der Waals surface area (Å²) in [5, 5.41) is 1.20. The number of ketones is 1. The standard InChI is InChI=1S/C21H23N3O3S2/c1-14-20(17-7-3-4-8-18(17)23-14)21(25)15(2)28-19-10-9-16(13-22-19)29(26,27)24-11-5-6-12-24/h3-4,7-10,13,15,23H,5-6,11-12H2,1-2H3. The minimum absolute atomic E-state index is 0.0283. The predicted molar refractivity (Wildman–Crippen MR) is 115 cm³/mol. The highest BCUT2D eigenvalue weighted by molar-refractivity contribution is 8.00. The molecule has 3 heterocycles. The topological polar surface area (TPSA) is 83.1 Å². The van der Waals surface area contributed by atoms with E-state index in [1.54, 1.807) is 12.1 Å². The second kappa shape index (κ2) is 7.93. The van der Waals surface area contributed by atoms with Crippen LogP contribution in [0.3, 0.4) is 0 Å². The lowest BCUT2D eigenvalue weighted by Gasteiger charge is -2.15. The maximum absolute atomic E-state index is 13.1. The molecule has 1 aliphatic heterocycles. The van der Waals surface area contributed by atoms with Crippen LogP contribution in [0.25, 0.3) is 10.9 Å². The van der Waals surface area contributed by atoms with Gasteiger partial charge in [0.1, 0.15) is 4.90 Å². The van der Waals surface area contributed by atoms with Crippen molar-refractivity contribution in [3.8, 4) is 0 Å². The number of nitrogens with zero attached hydrogens (tertiary/aromatic N) is 2. The first-order valence-corrected chi connectivity index (χ1v) is 11.9. The van der Waals surface area contributed by atoms with E-state index in [9.17, 15) is 13.2 Å². The zero-order valence-electron chi connectivity index (χ0n) is 16.4. The van der Waals surface area contributed by atoms with Crippen molar-refractivity contribution in [2.24, 2.45) is 0 Å². The summed E-state index contributed by atoms with van der Waals surface area (Å²) >= 11 is 1.34. The van der Waals surface area contributed by atoms with Gasteiger partial charge in [-0.25, -0.2) is 13.4 Å². The molecule has 29 heavy (non-hydrogen) atoms. The third-order valence-electron chi connectivity index (χ3n) is 5.22. The summed E-state index contributed by atoms with van der Waals surface area (Å²) in [6.45, 7) is 4.88. The van der Waals surface area contributed by atoms with Gasteiger partial charge in [0.05, 0.1) is 10.3 Å². The highest BCUT2D eigenvalue weighted by Crippen LogP contribution is 2.30. The van der Waals surface area contributed by atoms with Gasteiger partial charge in [0.25, 0.3) is 0 Å². The van der Waals surface area contributed by atoms with Crippen molar-refractivity contribution in [3.05, 3.63) is 53.9 Å². The number of fused-ring (bicyclic) bond motifs is 1. The van der Waals surface area contributed by atoms with Crippen LogP contribution in [0.5, 0.6) is 0 Å². The van der Waals surface area contributed by atoms with Gasteiger partial charge in [0.2, 0.25) is 10.0 Å². The van der Waals surface area contributed by atoms with E-state index in [0.717, 1.165) is 29.4 Å². The summed E-state index contributed by atoms with van der Waals surface area (Å²) in [6.07, 6.45) is 3.19. The third-order valence-corrected chi connectivity index (χ3v) is 8.15. The van der Waals surface area contributed by atoms with Crippen molar-refractivity contribution in [2.75, 3.05) is 13.1 Å². The minimum atomic E-state index is -3.48. The van der Waals surface area contributed by atoms with Gasteiger partial charge < -0.3 is 4.98 Å². The largest absolute Gasteiger partial charge is 0.358 e. The maximum atomic E-state index is 13.1. The summed E-state index contributed by atoms with van der Waals surface area (Å²) in [4.78, 5) is 20.8. The second-order valence-electron chi connectivity index (χ2n) is 7.24. The van der Waals surface area contributed by atoms with Crippen LogP contribution in [0, 0.1) is 6.92 Å². The number of thioether (sulfide) groups is 1. The number of nitrogens with one attached hydrogen (secondary N) is 1. The van der Waals surface area contributed by atoms with E-state index in [1.807, 2.05) is 38.1 Å². The first kappa shape index (κ1) is 20.1. The molecular formula is C21H23N3O3S2. The number of rotatable bonds is 6. The molecule has 4 rings (SSSR count). The Morgan fingerprint density at radius 1 is 1.17 bits per heavy atom. The van der Waals surface area contributed by atoms with Gasteiger partial charge in [-0.2, -0.15) is 4.31 Å². The number of sulfonamides is 1. The smallest absolute Gasteiger partial charge is 0.244 e. The maximum Gasteiger partial charge on any atom is 0.244 e. The lowest BCUT2D eigenvalue weighted by atomic mass is 10.1. The fourth-order valence-corrected chi connectivity index (χ4v) is 6.01. The highest BCUT2D eigenvalue weighted by atomic mass is 32.2. The molecule has 0 aliphatic carbocycles. The number of carbonyl (C=O) groups is 1. The Morgan fingerprint density at radius 2 is 1.90 bits per heavy atom. The second-order valence-corrected chi connectivity index (χ2v) is 10.5. The molecule has 0 spiro atoms. The van der Waals surface area contributed by atoms with Gasteiger partial charge in [0.15, 0.2) is 5.78 Å². The van der Waals surface area contributed by atoms with Gasteiger partial charge >= 0.3 is 0 Å². The fourth-order valence-electron chi connectivity index (χ4n) is 3.70. The lowest BCUT2D eigenvalue weighted by Crippen LogP contribution is -2.27. The van der Waals surface area contributed by atoms with Crippen molar-refractivity contribution >= 4 is 38.5 Å². The third kappa shape index (κ3) is 3.84. The summed E-state index contributed by atoms with van der Waals surface area (Å²) in [6, 6.07) is 11.0. The van der Waals surface area contributed by atoms with E-state index in [4.69, 9.17) is 0 Å². The molecule has 3 aromatic rings. The highest BCUT2D eigenvalue weighted by Gasteiger charge is 2.28. The van der Waals surface area contributed by atoms with Crippen LogP contribution in [0.15, 0.2) is 52.5 Å². The van der Waals surface area contributed by atoms with Crippen LogP contribution >= 0.6 is 11.8 Å². The Morgan fingerprint density at radius 3 is 2.59 bits per heavy atom. The Bertz CT molecular complexity index is 1150. The van der Waals surface area contributed by atoms with Crippen molar-refractivity contribution in [1.29, 1.82) is 0 Å². The zero-order chi connectivity index (χ0) is 20.6. The van der Waals surface area contributed by atoms with E-state index in [0.29, 0.717) is 23.7 Å². The van der Waals surface area contributed by atoms with Crippen LogP contribution in [0.1, 0.15) is 35.8 Å². The lowest BCUT2D eigenvalue weighted by molar-refractivity contribution is 0.0995. The van der Waals surface area contributed by atoms with Crippen LogP contribution in [0.4, 0.5) is 0 Å². The number of hydrogen-bond acceptors (Lipinski definition) is 5. The fraction of sp³-hybridized carbons (Fsp3) is 0.333. The summed E-state index contributed by atoms with van der Waals surface area (Å²) in [5.41, 5.74) is 2.50. The summed E-state index contributed by atoms with van der Waals surface area (Å²) in [7, 11) is -3.48. The number of benzene rings is 1. The Hall–Kier alpha value is -2.16. The number of aromatic nitrogens is 2. The van der Waals surface area contributed by atoms with Crippen molar-refractivity contribution in [1.82, 2.24) is 14.3 Å². The van der Waals surface area contributed by atoms with Crippen LogP contribution in [-0.4, -0.2) is 46.8 Å². The van der Waals surface area contributed by atoms with E-state index >= 15 is 0 Å². The summed E-state index contributed by atoms with van der Waals surface area (Å²) < 4.78 is 26.7. The van der Waals surface area contributed by atoms with E-state index in [2.05, 4.69) is 9.97 Å². The van der Waals surface area contributed by atoms with Crippen molar-refractivity contribution in [2.45, 2.75) is 41.9 Å². The molecule has 1 atom stereocenters. The number of pyridine rings is 1. The number of H-pyrrole nitrogens is 1. The molecule has 1 fully saturated rings. The SMILES string of the molecule is Cc1[nH]c2ccccc2c1C(=O)C(C)Sc1ccc(S(=O)(=O)N2CCCC2)cn1. The predicted octanol–water partition coefficient (Wildman–Crippen LogP) is 4.02. The van der Waals surface area contributed by atoms with Gasteiger partial charge in [0, 0.05) is 41.4 Å². The van der Waals surface area contributed by atoms with Crippen molar-refractivity contribution < 1.29 is 13.2 Å². The van der Waals surface area contributed by atoms with Crippen molar-refractivity contribution in [3.63, 3.8) is 0 Å². The minimum Gasteiger partial charge on any atom is -0.358 e. The Balaban J connectivity index is 1.51. The van der Waals surface area contributed by atoms with Gasteiger partial charge in [-0.3, -0.25) is 4.79 Å². The molecule has 6 nitrogen and oxygen atoms in total. The molecule has 0 radical (unpaired) electrons. The Labute approximate surface area is 174 Å². The van der Waals surface area contributed by atoms with Gasteiger partial charge in [-0.05, 0) is 44.9 Å². The Kier molecular flexibility index (Phi) is 5.50. The molecule has 1 unspecified atom stereocenters. The quantitative estimate of drug-likeness (QED) is 0.473. The van der Waals surface area contributed by atoms with Crippen LogP contribution in [-0.2, 0) is 10.0 Å². The van der Waals surface area contributed by atoms with Crippen LogP contribution < -0.4 is 0 Å². The van der Waals surface area contributed by atoms with E-state index in [1.165, 1.54) is 22.3 Å². The molecule has 1 saturated heterocycles. The summed E-state index contributed by atoms with van der Waals surface area (Å²) in [5.74, 6) is 0.0283. The number of hydrogen-bond donors (Lipinski definition) is 1. The number of carbonyl (C=O) groups excluding carboxylic acids is 1. The van der Waals surface area contributed by atoms with Gasteiger partial charge in [-0.1, -0.05) is 30.0 Å². The molecular weight excluding hydrogens is 406 g/mol. The van der Waals surface area contributed by atoms with E-state index < -0.39 is 10.0 Å². The number of Topliss-reactive ketones (excluding diaryl/α,β-unsaturated/α-hetero) is 1. The first-order valence-electron chi connectivity index (χ1n) is 9.62. The monoisotopic (exact) mass is 429 g/mol. The zero-order valence-corrected chi connectivity index (χ0v) is 18.0. The molecule has 0 saturated carbocycles. The normalized spacial score (nSPS) is 16.3.